The van der Waals surface area contributed by atoms with Crippen LogP contribution in [0.3, 0.4) is 0 Å². The van der Waals surface area contributed by atoms with Crippen LogP contribution in [-0.4, -0.2) is 30.4 Å². The average Bonchev–Trinajstić information content (AvgIpc) is 2.57. The zero-order chi connectivity index (χ0) is 19.5. The predicted molar refractivity (Wildman–Crippen MR) is 91.4 cm³/mol. The summed E-state index contributed by atoms with van der Waals surface area (Å²) < 4.78 is 65.9. The summed E-state index contributed by atoms with van der Waals surface area (Å²) in [6, 6.07) is 6.89. The highest BCUT2D eigenvalue weighted by atomic mass is 32.2. The van der Waals surface area contributed by atoms with Gasteiger partial charge in [0, 0.05) is 25.4 Å². The van der Waals surface area contributed by atoms with E-state index in [0.29, 0.717) is 0 Å². The molecule has 9 heteroatoms. The van der Waals surface area contributed by atoms with Crippen LogP contribution in [0.1, 0.15) is 25.0 Å². The van der Waals surface area contributed by atoms with Crippen molar-refractivity contribution in [1.82, 2.24) is 8.87 Å². The van der Waals surface area contributed by atoms with Gasteiger partial charge >= 0.3 is 6.18 Å². The lowest BCUT2D eigenvalue weighted by Crippen LogP contribution is -2.32. The summed E-state index contributed by atoms with van der Waals surface area (Å²) in [6.07, 6.45) is -3.33. The van der Waals surface area contributed by atoms with Crippen molar-refractivity contribution in [2.24, 2.45) is 0 Å². The normalized spacial score (nSPS) is 12.5. The van der Waals surface area contributed by atoms with E-state index in [9.17, 15) is 26.4 Å². The first-order valence-corrected chi connectivity index (χ1v) is 9.40. The molecule has 0 fully saturated rings. The summed E-state index contributed by atoms with van der Waals surface area (Å²) in [4.78, 5) is 11.9. The number of rotatable bonds is 6. The molecule has 0 saturated heterocycles. The van der Waals surface area contributed by atoms with Crippen molar-refractivity contribution in [1.29, 1.82) is 0 Å². The number of aromatic nitrogens is 1. The van der Waals surface area contributed by atoms with Gasteiger partial charge in [0.05, 0.1) is 17.0 Å². The van der Waals surface area contributed by atoms with Gasteiger partial charge in [0.1, 0.15) is 0 Å². The summed E-state index contributed by atoms with van der Waals surface area (Å²) in [5.41, 5.74) is -1.07. The molecular formula is C17H19F3N2O3S. The Morgan fingerprint density at radius 1 is 1.08 bits per heavy atom. The van der Waals surface area contributed by atoms with Gasteiger partial charge in [-0.05, 0) is 23.8 Å². The molecule has 0 atom stereocenters. The summed E-state index contributed by atoms with van der Waals surface area (Å²) in [7, 11) is -3.77. The topological polar surface area (TPSA) is 59.4 Å². The largest absolute Gasteiger partial charge is 0.416 e. The number of pyridine rings is 1. The second-order valence-electron chi connectivity index (χ2n) is 5.62. The molecule has 0 amide bonds. The van der Waals surface area contributed by atoms with Gasteiger partial charge in [0.25, 0.3) is 5.56 Å². The van der Waals surface area contributed by atoms with Crippen LogP contribution in [0.25, 0.3) is 0 Å². The molecule has 0 radical (unpaired) electrons. The minimum Gasteiger partial charge on any atom is -0.310 e. The van der Waals surface area contributed by atoms with Crippen LogP contribution in [0.4, 0.5) is 13.2 Å². The zero-order valence-electron chi connectivity index (χ0n) is 14.3. The van der Waals surface area contributed by atoms with Crippen LogP contribution >= 0.6 is 0 Å². The Kier molecular flexibility index (Phi) is 5.92. The smallest absolute Gasteiger partial charge is 0.310 e. The summed E-state index contributed by atoms with van der Waals surface area (Å²) in [6.45, 7) is 3.76. The Morgan fingerprint density at radius 2 is 1.73 bits per heavy atom. The Bertz CT molecular complexity index is 933. The second-order valence-corrected chi connectivity index (χ2v) is 7.56. The number of hydrogen-bond acceptors (Lipinski definition) is 3. The Morgan fingerprint density at radius 3 is 2.31 bits per heavy atom. The van der Waals surface area contributed by atoms with Crippen molar-refractivity contribution < 1.29 is 21.6 Å². The molecule has 0 saturated carbocycles. The van der Waals surface area contributed by atoms with Crippen LogP contribution in [0.5, 0.6) is 0 Å². The molecule has 0 bridgehead atoms. The number of nitrogens with zero attached hydrogens (tertiary/aromatic N) is 2. The lowest BCUT2D eigenvalue weighted by Gasteiger charge is -2.19. The molecule has 1 aromatic carbocycles. The molecule has 0 unspecified atom stereocenters. The van der Waals surface area contributed by atoms with E-state index in [-0.39, 0.29) is 30.1 Å². The van der Waals surface area contributed by atoms with E-state index in [2.05, 4.69) is 0 Å². The van der Waals surface area contributed by atoms with Crippen molar-refractivity contribution in [3.05, 3.63) is 64.1 Å². The fraction of sp³-hybridized carbons (Fsp3) is 0.353. The summed E-state index contributed by atoms with van der Waals surface area (Å²) >= 11 is 0. The number of halogens is 3. The van der Waals surface area contributed by atoms with Crippen molar-refractivity contribution in [2.75, 3.05) is 13.1 Å². The highest BCUT2D eigenvalue weighted by Crippen LogP contribution is 2.29. The SMILES string of the molecule is CCN(CC)S(=O)(=O)c1ccc(=O)n(Cc2cccc(C(F)(F)F)c2)c1. The monoisotopic (exact) mass is 388 g/mol. The standard InChI is InChI=1S/C17H19F3N2O3S/c1-3-22(4-2)26(24,25)15-8-9-16(23)21(12-15)11-13-6-5-7-14(10-13)17(18,19)20/h5-10,12H,3-4,11H2,1-2H3. The molecule has 0 aliphatic rings. The third-order valence-corrected chi connectivity index (χ3v) is 5.94. The van der Waals surface area contributed by atoms with Gasteiger partial charge in [-0.2, -0.15) is 17.5 Å². The maximum Gasteiger partial charge on any atom is 0.416 e. The maximum absolute atomic E-state index is 12.8. The molecule has 0 N–H and O–H groups in total. The minimum atomic E-state index is -4.49. The van der Waals surface area contributed by atoms with E-state index in [1.54, 1.807) is 13.8 Å². The predicted octanol–water partition coefficient (Wildman–Crippen LogP) is 2.95. The van der Waals surface area contributed by atoms with Gasteiger partial charge in [-0.15, -0.1) is 0 Å². The Hall–Kier alpha value is -2.13. The molecule has 2 rings (SSSR count). The molecule has 142 valence electrons. The minimum absolute atomic E-state index is 0.0761. The van der Waals surface area contributed by atoms with E-state index < -0.39 is 27.3 Å². The highest BCUT2D eigenvalue weighted by molar-refractivity contribution is 7.89. The first-order chi connectivity index (χ1) is 12.1. The van der Waals surface area contributed by atoms with Crippen LogP contribution in [0, 0.1) is 0 Å². The van der Waals surface area contributed by atoms with Gasteiger partial charge in [0.2, 0.25) is 10.0 Å². The molecule has 0 aliphatic carbocycles. The van der Waals surface area contributed by atoms with Crippen LogP contribution in [0.15, 0.2) is 52.3 Å². The Labute approximate surface area is 149 Å². The molecule has 26 heavy (non-hydrogen) atoms. The third kappa shape index (κ3) is 4.34. The van der Waals surface area contributed by atoms with Crippen molar-refractivity contribution in [2.45, 2.75) is 31.5 Å². The first kappa shape index (κ1) is 20.2. The van der Waals surface area contributed by atoms with Gasteiger partial charge in [-0.25, -0.2) is 8.42 Å². The fourth-order valence-electron chi connectivity index (χ4n) is 2.54. The second kappa shape index (κ2) is 7.63. The number of benzene rings is 1. The molecule has 0 aliphatic heterocycles. The van der Waals surface area contributed by atoms with E-state index in [4.69, 9.17) is 0 Å². The molecule has 1 heterocycles. The summed E-state index contributed by atoms with van der Waals surface area (Å²) in [5, 5.41) is 0. The van der Waals surface area contributed by atoms with E-state index in [1.165, 1.54) is 22.5 Å². The molecular weight excluding hydrogens is 369 g/mol. The van der Waals surface area contributed by atoms with Gasteiger partial charge in [0.15, 0.2) is 0 Å². The average molecular weight is 388 g/mol. The van der Waals surface area contributed by atoms with E-state index >= 15 is 0 Å². The maximum atomic E-state index is 12.8. The zero-order valence-corrected chi connectivity index (χ0v) is 15.1. The molecule has 2 aromatic rings. The number of sulfonamides is 1. The molecule has 0 spiro atoms. The van der Waals surface area contributed by atoms with Crippen molar-refractivity contribution in [3.63, 3.8) is 0 Å². The number of hydrogen-bond donors (Lipinski definition) is 0. The molecule has 1 aromatic heterocycles. The van der Waals surface area contributed by atoms with Crippen LogP contribution in [-0.2, 0) is 22.7 Å². The van der Waals surface area contributed by atoms with E-state index in [0.717, 1.165) is 29.0 Å². The quantitative estimate of drug-likeness (QED) is 0.765. The lowest BCUT2D eigenvalue weighted by atomic mass is 10.1. The number of alkyl halides is 3. The Balaban J connectivity index is 2.42. The fourth-order valence-corrected chi connectivity index (χ4v) is 4.02. The van der Waals surface area contributed by atoms with E-state index in [1.807, 2.05) is 0 Å². The highest BCUT2D eigenvalue weighted by Gasteiger charge is 2.30. The van der Waals surface area contributed by atoms with Crippen LogP contribution in [0.2, 0.25) is 0 Å². The van der Waals surface area contributed by atoms with Gasteiger partial charge in [-0.1, -0.05) is 26.0 Å². The molecule has 5 nitrogen and oxygen atoms in total. The van der Waals surface area contributed by atoms with Crippen LogP contribution < -0.4 is 5.56 Å². The van der Waals surface area contributed by atoms with Crippen molar-refractivity contribution >= 4 is 10.0 Å². The first-order valence-electron chi connectivity index (χ1n) is 7.96. The van der Waals surface area contributed by atoms with Crippen molar-refractivity contribution in [3.8, 4) is 0 Å². The summed E-state index contributed by atoms with van der Waals surface area (Å²) in [5.74, 6) is 0. The van der Waals surface area contributed by atoms with Gasteiger partial charge in [-0.3, -0.25) is 4.79 Å². The third-order valence-electron chi connectivity index (χ3n) is 3.91. The van der Waals surface area contributed by atoms with Gasteiger partial charge < -0.3 is 4.57 Å². The lowest BCUT2D eigenvalue weighted by molar-refractivity contribution is -0.137.